The van der Waals surface area contributed by atoms with Gasteiger partial charge in [-0.2, -0.15) is 0 Å². The quantitative estimate of drug-likeness (QED) is 0.625. The van der Waals surface area contributed by atoms with Crippen molar-refractivity contribution in [2.75, 3.05) is 13.1 Å². The number of halogens is 1. The lowest BCUT2D eigenvalue weighted by Gasteiger charge is -2.27. The summed E-state index contributed by atoms with van der Waals surface area (Å²) in [5.41, 5.74) is 5.98. The number of amides is 1. The Kier molecular flexibility index (Phi) is 14.1. The summed E-state index contributed by atoms with van der Waals surface area (Å²) in [6, 6.07) is -0.340. The molecule has 0 heterocycles. The minimum absolute atomic E-state index is 0. The Bertz CT molecular complexity index is 212. The molecule has 1 atom stereocenters. The van der Waals surface area contributed by atoms with Gasteiger partial charge in [-0.15, -0.1) is 12.4 Å². The number of hydrogen-bond donors (Lipinski definition) is 1. The number of nitrogens with two attached hydrogens (primary N) is 1. The molecule has 19 heavy (non-hydrogen) atoms. The van der Waals surface area contributed by atoms with Gasteiger partial charge in [0.1, 0.15) is 0 Å². The summed E-state index contributed by atoms with van der Waals surface area (Å²) >= 11 is 0. The Morgan fingerprint density at radius 1 is 1.00 bits per heavy atom. The van der Waals surface area contributed by atoms with Crippen LogP contribution in [0.25, 0.3) is 0 Å². The van der Waals surface area contributed by atoms with Crippen LogP contribution in [-0.2, 0) is 4.79 Å². The van der Waals surface area contributed by atoms with Crippen molar-refractivity contribution in [3.05, 3.63) is 0 Å². The lowest BCUT2D eigenvalue weighted by molar-refractivity contribution is -0.133. The molecule has 0 spiro atoms. The van der Waals surface area contributed by atoms with Crippen molar-refractivity contribution in [1.29, 1.82) is 0 Å². The largest absolute Gasteiger partial charge is 0.341 e. The maximum absolute atomic E-state index is 12.3. The van der Waals surface area contributed by atoms with Gasteiger partial charge in [0.15, 0.2) is 0 Å². The van der Waals surface area contributed by atoms with E-state index >= 15 is 0 Å². The van der Waals surface area contributed by atoms with E-state index < -0.39 is 0 Å². The average Bonchev–Trinajstić information content (AvgIpc) is 2.35. The molecule has 0 saturated heterocycles. The van der Waals surface area contributed by atoms with E-state index in [1.807, 2.05) is 18.7 Å². The fourth-order valence-electron chi connectivity index (χ4n) is 1.93. The first-order valence-corrected chi connectivity index (χ1v) is 7.58. The van der Waals surface area contributed by atoms with E-state index in [4.69, 9.17) is 5.73 Å². The van der Waals surface area contributed by atoms with E-state index in [1.54, 1.807) is 0 Å². The number of carbonyl (C=O) groups excluding carboxylic acids is 1. The van der Waals surface area contributed by atoms with Crippen molar-refractivity contribution < 1.29 is 4.79 Å². The van der Waals surface area contributed by atoms with E-state index in [0.29, 0.717) is 0 Å². The second-order valence-corrected chi connectivity index (χ2v) is 5.51. The van der Waals surface area contributed by atoms with Gasteiger partial charge in [-0.1, -0.05) is 53.4 Å². The summed E-state index contributed by atoms with van der Waals surface area (Å²) < 4.78 is 0. The summed E-state index contributed by atoms with van der Waals surface area (Å²) in [5.74, 6) is 0.356. The molecule has 0 aromatic heterocycles. The van der Waals surface area contributed by atoms with Crippen LogP contribution in [0, 0.1) is 5.92 Å². The Hall–Kier alpha value is -0.280. The van der Waals surface area contributed by atoms with Crippen LogP contribution in [0.2, 0.25) is 0 Å². The Balaban J connectivity index is 0. The Morgan fingerprint density at radius 2 is 1.42 bits per heavy atom. The normalized spacial score (nSPS) is 12.1. The molecule has 0 saturated carbocycles. The molecule has 4 heteroatoms. The van der Waals surface area contributed by atoms with Crippen LogP contribution < -0.4 is 5.73 Å². The summed E-state index contributed by atoms with van der Waals surface area (Å²) in [7, 11) is 0. The van der Waals surface area contributed by atoms with Crippen molar-refractivity contribution in [2.24, 2.45) is 11.7 Å². The predicted octanol–water partition coefficient (Wildman–Crippen LogP) is 3.60. The summed E-state index contributed by atoms with van der Waals surface area (Å²) in [6.07, 6.45) is 6.95. The van der Waals surface area contributed by atoms with Crippen LogP contribution in [0.5, 0.6) is 0 Å². The highest BCUT2D eigenvalue weighted by Gasteiger charge is 2.22. The first-order chi connectivity index (χ1) is 8.54. The fraction of sp³-hybridized carbons (Fsp3) is 0.933. The third-order valence-corrected chi connectivity index (χ3v) is 3.38. The van der Waals surface area contributed by atoms with Crippen molar-refractivity contribution in [3.8, 4) is 0 Å². The first kappa shape index (κ1) is 21.0. The van der Waals surface area contributed by atoms with Crippen molar-refractivity contribution in [2.45, 2.75) is 72.3 Å². The van der Waals surface area contributed by atoms with Crippen LogP contribution in [0.3, 0.4) is 0 Å². The standard InChI is InChI=1S/C15H32N2O.ClH/c1-5-7-9-11-17(12-10-8-6-2)15(18)14(16)13(3)4;/h13-14H,5-12,16H2,1-4H3;1H/t14-;/m0./s1. The van der Waals surface area contributed by atoms with Crippen LogP contribution in [0.4, 0.5) is 0 Å². The molecule has 1 amide bonds. The molecular formula is C15H33ClN2O. The zero-order valence-corrected chi connectivity index (χ0v) is 14.0. The van der Waals surface area contributed by atoms with Gasteiger partial charge < -0.3 is 10.6 Å². The number of hydrogen-bond acceptors (Lipinski definition) is 2. The number of rotatable bonds is 10. The molecular weight excluding hydrogens is 260 g/mol. The SMILES string of the molecule is CCCCCN(CCCCC)C(=O)[C@@H](N)C(C)C.Cl. The second-order valence-electron chi connectivity index (χ2n) is 5.51. The number of carbonyl (C=O) groups is 1. The predicted molar refractivity (Wildman–Crippen MR) is 85.7 cm³/mol. The molecule has 0 radical (unpaired) electrons. The average molecular weight is 293 g/mol. The lowest BCUT2D eigenvalue weighted by Crippen LogP contribution is -2.47. The molecule has 3 nitrogen and oxygen atoms in total. The number of unbranched alkanes of at least 4 members (excludes halogenated alkanes) is 4. The van der Waals surface area contributed by atoms with Crippen LogP contribution in [0.1, 0.15) is 66.2 Å². The topological polar surface area (TPSA) is 46.3 Å². The monoisotopic (exact) mass is 292 g/mol. The molecule has 0 aliphatic rings. The minimum atomic E-state index is -0.340. The smallest absolute Gasteiger partial charge is 0.239 e. The molecule has 0 aliphatic carbocycles. The molecule has 0 unspecified atom stereocenters. The third-order valence-electron chi connectivity index (χ3n) is 3.38. The molecule has 0 fully saturated rings. The van der Waals surface area contributed by atoms with Crippen molar-refractivity contribution >= 4 is 18.3 Å². The highest BCUT2D eigenvalue weighted by molar-refractivity contribution is 5.85. The van der Waals surface area contributed by atoms with E-state index in [-0.39, 0.29) is 30.3 Å². The number of nitrogens with zero attached hydrogens (tertiary/aromatic N) is 1. The molecule has 0 aromatic rings. The van der Waals surface area contributed by atoms with Gasteiger partial charge >= 0.3 is 0 Å². The molecule has 0 bridgehead atoms. The Morgan fingerprint density at radius 3 is 1.74 bits per heavy atom. The van der Waals surface area contributed by atoms with Gasteiger partial charge in [0.2, 0.25) is 5.91 Å². The maximum atomic E-state index is 12.3. The molecule has 2 N–H and O–H groups in total. The molecule has 0 aliphatic heterocycles. The first-order valence-electron chi connectivity index (χ1n) is 7.58. The van der Waals surface area contributed by atoms with Gasteiger partial charge in [0, 0.05) is 13.1 Å². The van der Waals surface area contributed by atoms with Gasteiger partial charge in [-0.05, 0) is 18.8 Å². The van der Waals surface area contributed by atoms with Crippen LogP contribution in [0.15, 0.2) is 0 Å². The van der Waals surface area contributed by atoms with Crippen LogP contribution in [-0.4, -0.2) is 29.9 Å². The third kappa shape index (κ3) is 9.28. The van der Waals surface area contributed by atoms with E-state index in [9.17, 15) is 4.79 Å². The van der Waals surface area contributed by atoms with Gasteiger partial charge in [0.05, 0.1) is 6.04 Å². The van der Waals surface area contributed by atoms with Gasteiger partial charge in [-0.3, -0.25) is 4.79 Å². The second kappa shape index (κ2) is 12.7. The molecule has 0 aromatic carbocycles. The minimum Gasteiger partial charge on any atom is -0.341 e. The summed E-state index contributed by atoms with van der Waals surface area (Å²) in [4.78, 5) is 14.3. The van der Waals surface area contributed by atoms with Gasteiger partial charge in [0.25, 0.3) is 0 Å². The van der Waals surface area contributed by atoms with Gasteiger partial charge in [-0.25, -0.2) is 0 Å². The highest BCUT2D eigenvalue weighted by atomic mass is 35.5. The highest BCUT2D eigenvalue weighted by Crippen LogP contribution is 2.08. The van der Waals surface area contributed by atoms with Crippen molar-refractivity contribution in [3.63, 3.8) is 0 Å². The maximum Gasteiger partial charge on any atom is 0.239 e. The van der Waals surface area contributed by atoms with E-state index in [2.05, 4.69) is 13.8 Å². The molecule has 116 valence electrons. The summed E-state index contributed by atoms with van der Waals surface area (Å²) in [6.45, 7) is 10.1. The Labute approximate surface area is 125 Å². The van der Waals surface area contributed by atoms with Crippen molar-refractivity contribution in [1.82, 2.24) is 4.90 Å². The van der Waals surface area contributed by atoms with E-state index in [1.165, 1.54) is 25.7 Å². The zero-order chi connectivity index (χ0) is 14.0. The van der Waals surface area contributed by atoms with Crippen LogP contribution >= 0.6 is 12.4 Å². The van der Waals surface area contributed by atoms with E-state index in [0.717, 1.165) is 25.9 Å². The zero-order valence-electron chi connectivity index (χ0n) is 13.2. The molecule has 0 rings (SSSR count). The fourth-order valence-corrected chi connectivity index (χ4v) is 1.93. The lowest BCUT2D eigenvalue weighted by atomic mass is 10.0. The summed E-state index contributed by atoms with van der Waals surface area (Å²) in [5, 5.41) is 0.